The van der Waals surface area contributed by atoms with E-state index >= 15 is 0 Å². The molecule has 1 amide bonds. The highest BCUT2D eigenvalue weighted by Gasteiger charge is 2.17. The molecule has 28 heavy (non-hydrogen) atoms. The molecule has 0 heterocycles. The Hall–Kier alpha value is -2.54. The molecule has 0 aliphatic heterocycles. The minimum atomic E-state index is -3.40. The van der Waals surface area contributed by atoms with Gasteiger partial charge in [0.15, 0.2) is 0 Å². The summed E-state index contributed by atoms with van der Waals surface area (Å²) in [5, 5.41) is 2.80. The second-order valence-corrected chi connectivity index (χ2v) is 8.70. The first-order valence-corrected chi connectivity index (χ1v) is 11.1. The molecular weight excluding hydrogens is 376 g/mol. The number of benzene rings is 2. The molecule has 2 aromatic carbocycles. The molecule has 0 radical (unpaired) electrons. The van der Waals surface area contributed by atoms with Crippen molar-refractivity contribution < 1.29 is 17.9 Å². The number of carbonyl (C=O) groups is 1. The van der Waals surface area contributed by atoms with Crippen LogP contribution in [0.4, 0.5) is 5.69 Å². The average molecular weight is 405 g/mol. The maximum atomic E-state index is 12.1. The van der Waals surface area contributed by atoms with Crippen molar-refractivity contribution in [2.75, 3.05) is 30.3 Å². The zero-order chi connectivity index (χ0) is 20.6. The first kappa shape index (κ1) is 21.8. The summed E-state index contributed by atoms with van der Waals surface area (Å²) in [7, 11) is -3.40. The number of rotatable bonds is 10. The van der Waals surface area contributed by atoms with E-state index in [0.717, 1.165) is 16.9 Å². The van der Waals surface area contributed by atoms with Gasteiger partial charge in [0.1, 0.15) is 12.4 Å². The number of carbonyl (C=O) groups excluding carboxylic acids is 1. The number of anilines is 1. The van der Waals surface area contributed by atoms with Crippen LogP contribution in [0.2, 0.25) is 0 Å². The van der Waals surface area contributed by atoms with Gasteiger partial charge in [-0.3, -0.25) is 9.10 Å². The van der Waals surface area contributed by atoms with Crippen LogP contribution in [-0.4, -0.2) is 40.3 Å². The van der Waals surface area contributed by atoms with E-state index in [1.165, 1.54) is 10.6 Å². The summed E-state index contributed by atoms with van der Waals surface area (Å²) >= 11 is 0. The van der Waals surface area contributed by atoms with Gasteiger partial charge in [0.05, 0.1) is 18.5 Å². The van der Waals surface area contributed by atoms with Crippen LogP contribution in [0.15, 0.2) is 48.5 Å². The maximum Gasteiger partial charge on any atom is 0.232 e. The van der Waals surface area contributed by atoms with Gasteiger partial charge >= 0.3 is 0 Å². The molecular formula is C21H28N2O4S. The Morgan fingerprint density at radius 1 is 1.07 bits per heavy atom. The fraction of sp³-hybridized carbons (Fsp3) is 0.381. The third-order valence-corrected chi connectivity index (χ3v) is 5.36. The number of hydrogen-bond donors (Lipinski definition) is 1. The Kier molecular flexibility index (Phi) is 7.87. The van der Waals surface area contributed by atoms with Crippen LogP contribution in [0, 0.1) is 13.8 Å². The smallest absolute Gasteiger partial charge is 0.232 e. The first-order chi connectivity index (χ1) is 13.3. The summed E-state index contributed by atoms with van der Waals surface area (Å²) in [6.07, 6.45) is 1.86. The molecule has 0 aliphatic rings. The quantitative estimate of drug-likeness (QED) is 0.618. The number of sulfonamides is 1. The molecule has 6 nitrogen and oxygen atoms in total. The van der Waals surface area contributed by atoms with Crippen LogP contribution in [0.1, 0.15) is 24.0 Å². The standard InChI is InChI=1S/C21H28N2O4S/c1-17-9-11-19(12-10-17)23(28(3,25)26)14-5-8-21(24)22-13-15-27-20-7-4-6-18(2)16-20/h4,6-7,9-12,16H,5,8,13-15H2,1-3H3,(H,22,24). The minimum Gasteiger partial charge on any atom is -0.492 e. The van der Waals surface area contributed by atoms with Gasteiger partial charge in [0.2, 0.25) is 15.9 Å². The Bertz CT molecular complexity index is 880. The summed E-state index contributed by atoms with van der Waals surface area (Å²) in [6, 6.07) is 15.0. The van der Waals surface area contributed by atoms with Crippen molar-refractivity contribution in [1.29, 1.82) is 0 Å². The minimum absolute atomic E-state index is 0.120. The summed E-state index contributed by atoms with van der Waals surface area (Å²) in [5.74, 6) is 0.654. The van der Waals surface area contributed by atoms with E-state index in [1.807, 2.05) is 50.2 Å². The summed E-state index contributed by atoms with van der Waals surface area (Å²) in [5.41, 5.74) is 2.79. The van der Waals surface area contributed by atoms with Crippen LogP contribution in [-0.2, 0) is 14.8 Å². The van der Waals surface area contributed by atoms with E-state index in [4.69, 9.17) is 4.74 Å². The molecule has 0 saturated carbocycles. The fourth-order valence-corrected chi connectivity index (χ4v) is 3.70. The predicted octanol–water partition coefficient (Wildman–Crippen LogP) is 3.04. The molecule has 0 fully saturated rings. The molecule has 0 aromatic heterocycles. The van der Waals surface area contributed by atoms with Gasteiger partial charge < -0.3 is 10.1 Å². The number of ether oxygens (including phenoxy) is 1. The van der Waals surface area contributed by atoms with Gasteiger partial charge in [0.25, 0.3) is 0 Å². The molecule has 0 bridgehead atoms. The van der Waals surface area contributed by atoms with Gasteiger partial charge in [-0.1, -0.05) is 29.8 Å². The van der Waals surface area contributed by atoms with E-state index in [0.29, 0.717) is 25.3 Å². The number of hydrogen-bond acceptors (Lipinski definition) is 4. The number of nitrogens with zero attached hydrogens (tertiary/aromatic N) is 1. The van der Waals surface area contributed by atoms with Crippen LogP contribution in [0.3, 0.4) is 0 Å². The highest BCUT2D eigenvalue weighted by atomic mass is 32.2. The van der Waals surface area contributed by atoms with E-state index in [9.17, 15) is 13.2 Å². The van der Waals surface area contributed by atoms with Crippen LogP contribution < -0.4 is 14.4 Å². The summed E-state index contributed by atoms with van der Waals surface area (Å²) in [6.45, 7) is 4.98. The van der Waals surface area contributed by atoms with E-state index < -0.39 is 10.0 Å². The Morgan fingerprint density at radius 3 is 2.43 bits per heavy atom. The predicted molar refractivity (Wildman–Crippen MR) is 112 cm³/mol. The largest absolute Gasteiger partial charge is 0.492 e. The zero-order valence-corrected chi connectivity index (χ0v) is 17.5. The van der Waals surface area contributed by atoms with Crippen molar-refractivity contribution in [2.24, 2.45) is 0 Å². The molecule has 1 N–H and O–H groups in total. The maximum absolute atomic E-state index is 12.1. The van der Waals surface area contributed by atoms with Crippen LogP contribution >= 0.6 is 0 Å². The third-order valence-electron chi connectivity index (χ3n) is 4.17. The van der Waals surface area contributed by atoms with Crippen molar-refractivity contribution in [1.82, 2.24) is 5.32 Å². The number of amides is 1. The van der Waals surface area contributed by atoms with E-state index in [1.54, 1.807) is 12.1 Å². The molecule has 7 heteroatoms. The lowest BCUT2D eigenvalue weighted by atomic mass is 10.2. The lowest BCUT2D eigenvalue weighted by Crippen LogP contribution is -2.32. The number of nitrogens with one attached hydrogen (secondary N) is 1. The Balaban J connectivity index is 1.74. The van der Waals surface area contributed by atoms with Crippen molar-refractivity contribution in [2.45, 2.75) is 26.7 Å². The lowest BCUT2D eigenvalue weighted by molar-refractivity contribution is -0.121. The van der Waals surface area contributed by atoms with Crippen molar-refractivity contribution >= 4 is 21.6 Å². The molecule has 0 unspecified atom stereocenters. The monoisotopic (exact) mass is 404 g/mol. The molecule has 0 spiro atoms. The van der Waals surface area contributed by atoms with E-state index in [2.05, 4.69) is 5.32 Å². The first-order valence-electron chi connectivity index (χ1n) is 9.26. The second kappa shape index (κ2) is 10.1. The van der Waals surface area contributed by atoms with Gasteiger partial charge in [0, 0.05) is 13.0 Å². The molecule has 0 saturated heterocycles. The highest BCUT2D eigenvalue weighted by Crippen LogP contribution is 2.19. The SMILES string of the molecule is Cc1ccc(N(CCCC(=O)NCCOc2cccc(C)c2)S(C)(=O)=O)cc1. The molecule has 2 rings (SSSR count). The van der Waals surface area contributed by atoms with Gasteiger partial charge in [-0.25, -0.2) is 8.42 Å². The van der Waals surface area contributed by atoms with Gasteiger partial charge in [-0.05, 0) is 50.1 Å². The van der Waals surface area contributed by atoms with E-state index in [-0.39, 0.29) is 18.9 Å². The lowest BCUT2D eigenvalue weighted by Gasteiger charge is -2.22. The zero-order valence-electron chi connectivity index (χ0n) is 16.6. The summed E-state index contributed by atoms with van der Waals surface area (Å²) in [4.78, 5) is 12.0. The van der Waals surface area contributed by atoms with Crippen molar-refractivity contribution in [3.05, 3.63) is 59.7 Å². The number of aryl methyl sites for hydroxylation is 2. The van der Waals surface area contributed by atoms with Crippen LogP contribution in [0.25, 0.3) is 0 Å². The molecule has 152 valence electrons. The normalized spacial score (nSPS) is 11.1. The Labute approximate surface area is 167 Å². The fourth-order valence-electron chi connectivity index (χ4n) is 2.73. The Morgan fingerprint density at radius 2 is 1.79 bits per heavy atom. The van der Waals surface area contributed by atoms with Gasteiger partial charge in [-0.15, -0.1) is 0 Å². The third kappa shape index (κ3) is 7.23. The van der Waals surface area contributed by atoms with Crippen molar-refractivity contribution in [3.63, 3.8) is 0 Å². The molecule has 2 aromatic rings. The van der Waals surface area contributed by atoms with Crippen LogP contribution in [0.5, 0.6) is 5.75 Å². The molecule has 0 aliphatic carbocycles. The molecule has 0 atom stereocenters. The van der Waals surface area contributed by atoms with Gasteiger partial charge in [-0.2, -0.15) is 0 Å². The topological polar surface area (TPSA) is 75.7 Å². The van der Waals surface area contributed by atoms with Crippen molar-refractivity contribution in [3.8, 4) is 5.75 Å². The average Bonchev–Trinajstić information content (AvgIpc) is 2.62. The summed E-state index contributed by atoms with van der Waals surface area (Å²) < 4.78 is 31.1. The second-order valence-electron chi connectivity index (χ2n) is 6.79. The highest BCUT2D eigenvalue weighted by molar-refractivity contribution is 7.92.